The van der Waals surface area contributed by atoms with Gasteiger partial charge in [0.1, 0.15) is 11.9 Å². The van der Waals surface area contributed by atoms with Gasteiger partial charge in [-0.3, -0.25) is 5.10 Å². The molecule has 3 aliphatic rings. The van der Waals surface area contributed by atoms with Crippen molar-refractivity contribution in [3.8, 4) is 11.9 Å². The highest BCUT2D eigenvalue weighted by molar-refractivity contribution is 5.96. The van der Waals surface area contributed by atoms with Crippen molar-refractivity contribution in [1.82, 2.24) is 25.0 Å². The molecule has 0 amide bonds. The zero-order valence-corrected chi connectivity index (χ0v) is 17.5. The second kappa shape index (κ2) is 7.74. The van der Waals surface area contributed by atoms with Crippen LogP contribution in [0, 0.1) is 11.3 Å². The van der Waals surface area contributed by atoms with Crippen LogP contribution in [-0.2, 0) is 9.47 Å². The first-order valence-corrected chi connectivity index (χ1v) is 10.9. The number of aliphatic hydroxyl groups is 1. The van der Waals surface area contributed by atoms with Gasteiger partial charge in [-0.15, -0.1) is 0 Å². The fourth-order valence-electron chi connectivity index (χ4n) is 5.18. The standard InChI is InChI=1S/C21H24N8O3/c22-8-16-20-17(27-5-6-31-12-15(27)9-30)7-19(28-13-1-2-14(28)11-32-10-13)24-21(20)29(26-16)18-3-4-23-25-18/h3-4,7,13-15,30H,1-2,5-6,9-12H2,(H,23,25)/t13?,14?,15-/m1/s1. The average molecular weight is 436 g/mol. The Balaban J connectivity index is 1.60. The van der Waals surface area contributed by atoms with Crippen molar-refractivity contribution >= 4 is 22.5 Å². The molecule has 2 unspecified atom stereocenters. The molecule has 3 aliphatic heterocycles. The van der Waals surface area contributed by atoms with Gasteiger partial charge in [0.25, 0.3) is 0 Å². The molecule has 32 heavy (non-hydrogen) atoms. The van der Waals surface area contributed by atoms with E-state index in [-0.39, 0.29) is 30.4 Å². The number of nitrogens with zero attached hydrogens (tertiary/aromatic N) is 7. The van der Waals surface area contributed by atoms with Crippen molar-refractivity contribution in [2.24, 2.45) is 0 Å². The van der Waals surface area contributed by atoms with Crippen molar-refractivity contribution in [3.05, 3.63) is 24.0 Å². The minimum absolute atomic E-state index is 0.0431. The smallest absolute Gasteiger partial charge is 0.174 e. The van der Waals surface area contributed by atoms with Crippen molar-refractivity contribution < 1.29 is 14.6 Å². The number of aromatic nitrogens is 5. The molecule has 6 heterocycles. The molecule has 2 bridgehead atoms. The molecule has 2 N–H and O–H groups in total. The summed E-state index contributed by atoms with van der Waals surface area (Å²) in [6.45, 7) is 2.92. The van der Waals surface area contributed by atoms with Crippen LogP contribution in [-0.4, -0.2) is 87.8 Å². The number of hydrogen-bond acceptors (Lipinski definition) is 9. The molecule has 11 nitrogen and oxygen atoms in total. The number of hydrogen-bond donors (Lipinski definition) is 2. The van der Waals surface area contributed by atoms with Gasteiger partial charge >= 0.3 is 0 Å². The lowest BCUT2D eigenvalue weighted by Crippen LogP contribution is -2.48. The summed E-state index contributed by atoms with van der Waals surface area (Å²) in [6.07, 6.45) is 3.78. The monoisotopic (exact) mass is 436 g/mol. The summed E-state index contributed by atoms with van der Waals surface area (Å²) in [6, 6.07) is 6.44. The van der Waals surface area contributed by atoms with E-state index in [2.05, 4.69) is 31.2 Å². The number of pyridine rings is 1. The normalized spacial score (nSPS) is 25.4. The number of rotatable bonds is 4. The van der Waals surface area contributed by atoms with Crippen molar-refractivity contribution in [3.63, 3.8) is 0 Å². The van der Waals surface area contributed by atoms with Gasteiger partial charge in [-0.25, -0.2) is 4.98 Å². The van der Waals surface area contributed by atoms with Crippen LogP contribution in [0.15, 0.2) is 18.3 Å². The quantitative estimate of drug-likeness (QED) is 0.603. The van der Waals surface area contributed by atoms with Crippen LogP contribution in [0.25, 0.3) is 16.9 Å². The molecular formula is C21H24N8O3. The Morgan fingerprint density at radius 3 is 2.78 bits per heavy atom. The summed E-state index contributed by atoms with van der Waals surface area (Å²) in [5.41, 5.74) is 1.73. The Morgan fingerprint density at radius 2 is 2.06 bits per heavy atom. The van der Waals surface area contributed by atoms with E-state index in [0.29, 0.717) is 49.8 Å². The maximum absolute atomic E-state index is 10.0. The topological polar surface area (TPSA) is 128 Å². The van der Waals surface area contributed by atoms with E-state index in [4.69, 9.17) is 14.5 Å². The lowest BCUT2D eigenvalue weighted by molar-refractivity contribution is 0.0728. The Labute approximate surface area is 184 Å². The third kappa shape index (κ3) is 2.95. The van der Waals surface area contributed by atoms with Gasteiger partial charge in [0.15, 0.2) is 17.2 Å². The highest BCUT2D eigenvalue weighted by Gasteiger charge is 2.39. The van der Waals surface area contributed by atoms with E-state index in [1.165, 1.54) is 0 Å². The second-order valence-electron chi connectivity index (χ2n) is 8.45. The molecule has 6 rings (SSSR count). The molecule has 3 atom stereocenters. The highest BCUT2D eigenvalue weighted by atomic mass is 16.5. The van der Waals surface area contributed by atoms with E-state index in [0.717, 1.165) is 24.3 Å². The van der Waals surface area contributed by atoms with E-state index in [1.54, 1.807) is 16.9 Å². The fourth-order valence-corrected chi connectivity index (χ4v) is 5.18. The molecular weight excluding hydrogens is 412 g/mol. The fraction of sp³-hybridized carbons (Fsp3) is 0.524. The molecule has 3 fully saturated rings. The lowest BCUT2D eigenvalue weighted by Gasteiger charge is -2.39. The molecule has 3 aromatic heterocycles. The minimum Gasteiger partial charge on any atom is -0.394 e. The molecule has 0 aliphatic carbocycles. The average Bonchev–Trinajstić information content (AvgIpc) is 3.54. The van der Waals surface area contributed by atoms with Crippen LogP contribution in [0.2, 0.25) is 0 Å². The summed E-state index contributed by atoms with van der Waals surface area (Å²) in [4.78, 5) is 9.50. The number of anilines is 2. The second-order valence-corrected chi connectivity index (χ2v) is 8.45. The van der Waals surface area contributed by atoms with Gasteiger partial charge in [0.2, 0.25) is 0 Å². The first-order chi connectivity index (χ1) is 15.8. The number of ether oxygens (including phenoxy) is 2. The third-order valence-electron chi connectivity index (χ3n) is 6.68. The number of fused-ring (bicyclic) bond motifs is 3. The molecule has 11 heteroatoms. The van der Waals surface area contributed by atoms with Crippen LogP contribution in [0.4, 0.5) is 11.5 Å². The Bertz CT molecular complexity index is 1150. The van der Waals surface area contributed by atoms with E-state index < -0.39 is 0 Å². The number of aliphatic hydroxyl groups excluding tert-OH is 1. The first-order valence-electron chi connectivity index (χ1n) is 10.9. The summed E-state index contributed by atoms with van der Waals surface area (Å²) in [5, 5.41) is 32.1. The Morgan fingerprint density at radius 1 is 1.22 bits per heavy atom. The summed E-state index contributed by atoms with van der Waals surface area (Å²) < 4.78 is 13.0. The SMILES string of the molecule is N#Cc1nn(-c2ccn[nH]2)c2nc(N3C4CCC3COC4)cc(N3CCOC[C@H]3CO)c12. The van der Waals surface area contributed by atoms with Crippen LogP contribution in [0.3, 0.4) is 0 Å². The zero-order valence-electron chi connectivity index (χ0n) is 17.5. The molecule has 0 saturated carbocycles. The maximum atomic E-state index is 10.0. The zero-order chi connectivity index (χ0) is 21.7. The molecule has 0 aromatic carbocycles. The number of H-pyrrole nitrogens is 1. The predicted molar refractivity (Wildman–Crippen MR) is 115 cm³/mol. The van der Waals surface area contributed by atoms with Crippen LogP contribution in [0.5, 0.6) is 0 Å². The van der Waals surface area contributed by atoms with Crippen molar-refractivity contribution in [2.45, 2.75) is 31.0 Å². The van der Waals surface area contributed by atoms with Gasteiger partial charge < -0.3 is 24.4 Å². The number of nitrogens with one attached hydrogen (secondary N) is 1. The summed E-state index contributed by atoms with van der Waals surface area (Å²) in [7, 11) is 0. The van der Waals surface area contributed by atoms with E-state index in [9.17, 15) is 10.4 Å². The molecule has 0 radical (unpaired) electrons. The Hall–Kier alpha value is -3.20. The van der Waals surface area contributed by atoms with Gasteiger partial charge in [-0.05, 0) is 12.8 Å². The summed E-state index contributed by atoms with van der Waals surface area (Å²) in [5.74, 6) is 1.48. The van der Waals surface area contributed by atoms with Crippen molar-refractivity contribution in [2.75, 3.05) is 49.4 Å². The molecule has 3 aromatic rings. The number of morpholine rings is 2. The molecule has 3 saturated heterocycles. The summed E-state index contributed by atoms with van der Waals surface area (Å²) >= 11 is 0. The third-order valence-corrected chi connectivity index (χ3v) is 6.68. The van der Waals surface area contributed by atoms with Crippen LogP contribution >= 0.6 is 0 Å². The van der Waals surface area contributed by atoms with E-state index >= 15 is 0 Å². The van der Waals surface area contributed by atoms with Gasteiger partial charge in [-0.2, -0.15) is 20.1 Å². The first kappa shape index (κ1) is 19.5. The number of aromatic amines is 1. The Kier molecular flexibility index (Phi) is 4.71. The van der Waals surface area contributed by atoms with Crippen molar-refractivity contribution in [1.29, 1.82) is 5.26 Å². The number of nitriles is 1. The van der Waals surface area contributed by atoms with E-state index in [1.807, 2.05) is 6.07 Å². The minimum atomic E-state index is -0.203. The van der Waals surface area contributed by atoms with Gasteiger partial charge in [-0.1, -0.05) is 0 Å². The van der Waals surface area contributed by atoms with Gasteiger partial charge in [0, 0.05) is 18.7 Å². The molecule has 166 valence electrons. The van der Waals surface area contributed by atoms with Gasteiger partial charge in [0.05, 0.1) is 68.4 Å². The largest absolute Gasteiger partial charge is 0.394 e. The predicted octanol–water partition coefficient (Wildman–Crippen LogP) is 0.580. The van der Waals surface area contributed by atoms with Crippen LogP contribution < -0.4 is 9.80 Å². The maximum Gasteiger partial charge on any atom is 0.174 e. The molecule has 0 spiro atoms. The van der Waals surface area contributed by atoms with Crippen LogP contribution in [0.1, 0.15) is 18.5 Å². The lowest BCUT2D eigenvalue weighted by atomic mass is 10.1. The highest BCUT2D eigenvalue weighted by Crippen LogP contribution is 2.39.